The number of aliphatic imine (C=N–C) groups is 3. The summed E-state index contributed by atoms with van der Waals surface area (Å²) in [4.78, 5) is 72.2. The number of carbonyl (C=O) groups is 5. The van der Waals surface area contributed by atoms with E-state index in [1.807, 2.05) is 158 Å². The van der Waals surface area contributed by atoms with E-state index < -0.39 is 18.4 Å². The number of rotatable bonds is 5. The fourth-order valence-corrected chi connectivity index (χ4v) is 10.3. The smallest absolute Gasteiger partial charge is 0.304 e. The Kier molecular flexibility index (Phi) is 19.0. The van der Waals surface area contributed by atoms with Gasteiger partial charge < -0.3 is 9.84 Å². The van der Waals surface area contributed by atoms with Gasteiger partial charge in [0.1, 0.15) is 0 Å². The summed E-state index contributed by atoms with van der Waals surface area (Å²) in [5.41, 5.74) is 13.1. The predicted octanol–water partition coefficient (Wildman–Crippen LogP) is 11.8. The van der Waals surface area contributed by atoms with Crippen LogP contribution in [0.25, 0.3) is 0 Å². The van der Waals surface area contributed by atoms with Crippen LogP contribution in [0.15, 0.2) is 209 Å². The van der Waals surface area contributed by atoms with Crippen molar-refractivity contribution in [1.29, 1.82) is 0 Å². The fourth-order valence-electron chi connectivity index (χ4n) is 9.59. The van der Waals surface area contributed by atoms with Crippen molar-refractivity contribution >= 4 is 98.4 Å². The van der Waals surface area contributed by atoms with E-state index >= 15 is 0 Å². The van der Waals surface area contributed by atoms with E-state index in [0.29, 0.717) is 50.1 Å². The number of fused-ring (bicyclic) bond motifs is 4. The van der Waals surface area contributed by atoms with Crippen molar-refractivity contribution in [3.8, 4) is 0 Å². The third-order valence-corrected chi connectivity index (χ3v) is 14.3. The van der Waals surface area contributed by atoms with Gasteiger partial charge in [0, 0.05) is 86.1 Å². The standard InChI is InChI=1S/C18H14ClNO3.C16H13ClNO2.C16H12ClNO2.C16H12ClNO/c1-11(21)23-18-16(22)9-13-7-8-14(19)10-15(13)17(20-18)12-5-3-2-4-6-12;17-13-7-6-12-8-14(19)10-18(20)16(15(12)9-13)11-4-2-1-3-5-11;17-12-7-6-11-8-14(19)16(20)18-15(13(11)9-12)10-4-2-1-3-5-10;17-13-7-6-12-8-14(19)10-18-16(15(12)9-13)11-4-2-1-3-5-11/h2-8,10,18H,9H2,1H3;1-7,9,20H,8,10H2;1-7,9,16,20H,8H2;1-7,9H,8,10H2/q;+1;;/i7+1,8+1,10+1,13+1,14+1,15+1;6+1,7+1,9+1,12+1,13+1,15+1;6+1,7+1,9+1,11+1,12+1,13+1;6+1,7+1,9+1,12+1,13+1,15+1. The number of Topliss-reactive ketones (excluding diaryl/α,β-unsaturated/α-hetero) is 4. The molecule has 8 aromatic rings. The number of hydrogen-bond acceptors (Lipinski definition) is 11. The van der Waals surface area contributed by atoms with Gasteiger partial charge in [0.15, 0.2) is 11.6 Å². The fraction of sp³-hybridized carbons (Fsp3) is 0.136. The molecule has 0 saturated heterocycles. The number of ketones is 4. The van der Waals surface area contributed by atoms with E-state index in [1.165, 1.54) is 6.92 Å². The minimum Gasteiger partial charge on any atom is -0.432 e. The van der Waals surface area contributed by atoms with Gasteiger partial charge in [-0.3, -0.25) is 34.2 Å². The number of nitrogens with zero attached hydrogens (tertiary/aromatic N) is 4. The molecule has 2 atom stereocenters. The Hall–Kier alpha value is -8.49. The number of benzene rings is 8. The number of aliphatic hydroxyl groups is 1. The molecule has 82 heavy (non-hydrogen) atoms. The van der Waals surface area contributed by atoms with Gasteiger partial charge in [0.2, 0.25) is 17.8 Å². The summed E-state index contributed by atoms with van der Waals surface area (Å²) < 4.78 is 6.10. The van der Waals surface area contributed by atoms with Crippen LogP contribution in [0.3, 0.4) is 0 Å². The Balaban J connectivity index is 0.000000132. The van der Waals surface area contributed by atoms with E-state index in [4.69, 9.17) is 51.1 Å². The van der Waals surface area contributed by atoms with Crippen molar-refractivity contribution in [1.82, 2.24) is 0 Å². The summed E-state index contributed by atoms with van der Waals surface area (Å²) in [6.45, 7) is 1.48. The Morgan fingerprint density at radius 1 is 0.476 bits per heavy atom. The Morgan fingerprint density at radius 3 is 1.33 bits per heavy atom. The van der Waals surface area contributed by atoms with Crippen molar-refractivity contribution in [3.05, 3.63) is 281 Å². The highest BCUT2D eigenvalue weighted by Gasteiger charge is 2.31. The number of ether oxygens (including phenoxy) is 1. The van der Waals surface area contributed by atoms with Gasteiger partial charge in [0.25, 0.3) is 18.5 Å². The summed E-state index contributed by atoms with van der Waals surface area (Å²) >= 11 is 24.3. The quantitative estimate of drug-likeness (QED) is 0.0972. The molecule has 410 valence electrons. The van der Waals surface area contributed by atoms with Crippen molar-refractivity contribution in [3.63, 3.8) is 0 Å². The molecule has 8 aromatic carbocycles. The summed E-state index contributed by atoms with van der Waals surface area (Å²) in [6.07, 6.45) is -1.42. The highest BCUT2D eigenvalue weighted by Crippen LogP contribution is 2.28. The molecule has 4 heterocycles. The Bertz CT molecular complexity index is 3870. The first-order valence-corrected chi connectivity index (χ1v) is 27.4. The molecule has 0 aromatic heterocycles. The third kappa shape index (κ3) is 14.5. The summed E-state index contributed by atoms with van der Waals surface area (Å²) in [6, 6.07) is 60.0. The lowest BCUT2D eigenvalue weighted by molar-refractivity contribution is -0.765. The zero-order valence-corrected chi connectivity index (χ0v) is 47.0. The highest BCUT2D eigenvalue weighted by molar-refractivity contribution is 6.33. The van der Waals surface area contributed by atoms with Crippen molar-refractivity contribution < 1.29 is 43.8 Å². The molecule has 4 aliphatic heterocycles. The molecule has 0 fully saturated rings. The summed E-state index contributed by atoms with van der Waals surface area (Å²) in [5, 5.41) is 22.5. The van der Waals surface area contributed by atoms with Gasteiger partial charge in [-0.1, -0.05) is 180 Å². The first-order chi connectivity index (χ1) is 39.6. The monoisotopic (exact) mass is 1190 g/mol. The first-order valence-electron chi connectivity index (χ1n) is 25.9. The largest absolute Gasteiger partial charge is 0.432 e. The SMILES string of the molecule is CC(=O)OC1N=C(c2ccccc2)[13c]2[13cH][13c](Cl)[13cH][13cH][13c]2CC1=O.O=C1CN=C(c2ccccc2)[13c]2[13cH][13c](Cl)[13cH][13cH][13c]2C1.O=C1C[13c]2[13cH][13cH][13c](Cl)[13cH][13c]2C(c2ccccc2)=NC1O.O=C1C[13c]2[13cH][13cH][13c](Cl)[13cH][13c]2C(c2ccccc2)=[N+](O)C1. The van der Waals surface area contributed by atoms with Gasteiger partial charge in [-0.05, 0) is 87.7 Å². The molecule has 16 heteroatoms. The number of aliphatic hydroxyl groups excluding tert-OH is 1. The molecule has 2 N–H and O–H groups in total. The second-order valence-corrected chi connectivity index (χ2v) is 21.0. The molecule has 0 aliphatic carbocycles. The Morgan fingerprint density at radius 2 is 0.854 bits per heavy atom. The van der Waals surface area contributed by atoms with Gasteiger partial charge in [-0.25, -0.2) is 9.98 Å². The number of halogens is 4. The molecule has 2 unspecified atom stereocenters. The average Bonchev–Trinajstić information content (AvgIpc) is 4.04. The van der Waals surface area contributed by atoms with E-state index in [9.17, 15) is 34.3 Å². The zero-order valence-electron chi connectivity index (χ0n) is 44.0. The lowest BCUT2D eigenvalue weighted by Crippen LogP contribution is -2.25. The normalized spacial score (nSPS) is 16.2. The molecule has 0 saturated carbocycles. The first kappa shape index (κ1) is 58.2. The Labute approximate surface area is 493 Å². The second kappa shape index (κ2) is 26.9. The van der Waals surface area contributed by atoms with Gasteiger partial charge in [-0.15, -0.1) is 0 Å². The number of hydrogen-bond donors (Lipinski definition) is 2. The van der Waals surface area contributed by atoms with Gasteiger partial charge in [0.05, 0.1) is 34.8 Å². The van der Waals surface area contributed by atoms with Crippen LogP contribution in [0.4, 0.5) is 0 Å². The summed E-state index contributed by atoms with van der Waals surface area (Å²) in [5.74, 6) is -0.991. The molecule has 0 spiro atoms. The third-order valence-electron chi connectivity index (χ3n) is 13.3. The lowest BCUT2D eigenvalue weighted by Gasteiger charge is -2.11. The van der Waals surface area contributed by atoms with E-state index in [1.54, 1.807) is 36.4 Å². The number of hydroxylamine groups is 1. The van der Waals surface area contributed by atoms with Gasteiger partial charge >= 0.3 is 5.97 Å². The predicted molar refractivity (Wildman–Crippen MR) is 320 cm³/mol. The maximum Gasteiger partial charge on any atom is 0.304 e. The maximum absolute atomic E-state index is 12.4. The number of carbonyl (C=O) groups excluding carboxylic acids is 5. The van der Waals surface area contributed by atoms with E-state index in [0.717, 1.165) is 77.2 Å². The van der Waals surface area contributed by atoms with Crippen LogP contribution in [0.2, 0.25) is 20.1 Å². The molecular formula is C66H51Cl4N4O8+. The molecule has 12 nitrogen and oxygen atoms in total. The van der Waals surface area contributed by atoms with Crippen molar-refractivity contribution in [2.24, 2.45) is 15.0 Å². The van der Waals surface area contributed by atoms with Crippen LogP contribution in [0.5, 0.6) is 0 Å². The molecule has 4 aliphatic rings. The van der Waals surface area contributed by atoms with Crippen LogP contribution in [0, 0.1) is 0 Å². The van der Waals surface area contributed by atoms with Crippen molar-refractivity contribution in [2.45, 2.75) is 45.1 Å². The van der Waals surface area contributed by atoms with Crippen molar-refractivity contribution in [2.75, 3.05) is 13.1 Å². The molecular weight excluding hydrogens is 1140 g/mol. The maximum atomic E-state index is 12.4. The molecule has 12 rings (SSSR count). The van der Waals surface area contributed by atoms with E-state index in [2.05, 4.69) is 15.0 Å². The van der Waals surface area contributed by atoms with Crippen LogP contribution in [-0.2, 0) is 54.4 Å². The van der Waals surface area contributed by atoms with Gasteiger partial charge in [-0.2, -0.15) is 0 Å². The van der Waals surface area contributed by atoms with Crippen LogP contribution >= 0.6 is 46.4 Å². The second-order valence-electron chi connectivity index (χ2n) is 19.2. The minimum atomic E-state index is -1.32. The zero-order chi connectivity index (χ0) is 57.9. The molecule has 0 amide bonds. The average molecular weight is 1190 g/mol. The molecule has 0 bridgehead atoms. The van der Waals surface area contributed by atoms with Crippen LogP contribution in [0.1, 0.15) is 73.7 Å². The minimum absolute atomic E-state index is 0.0173. The topological polar surface area (TPSA) is 175 Å². The molecule has 0 radical (unpaired) electrons. The van der Waals surface area contributed by atoms with Crippen LogP contribution in [-0.4, -0.2) is 92.5 Å². The lowest BCUT2D eigenvalue weighted by atomic mass is 10.2. The number of esters is 1. The van der Waals surface area contributed by atoms with E-state index in [-0.39, 0.29) is 49.1 Å². The van der Waals surface area contributed by atoms with Crippen LogP contribution < -0.4 is 0 Å². The summed E-state index contributed by atoms with van der Waals surface area (Å²) in [7, 11) is 0. The highest BCUT2D eigenvalue weighted by atomic mass is 35.5.